The van der Waals surface area contributed by atoms with E-state index in [0.29, 0.717) is 24.9 Å². The Morgan fingerprint density at radius 2 is 1.96 bits per heavy atom. The molecule has 0 unspecified atom stereocenters. The number of hydrogen-bond donors (Lipinski definition) is 2. The first-order chi connectivity index (χ1) is 12.9. The number of nitrogens with one attached hydrogen (secondary N) is 2. The summed E-state index contributed by atoms with van der Waals surface area (Å²) in [6.45, 7) is 10.4. The van der Waals surface area contributed by atoms with E-state index < -0.39 is 0 Å². The lowest BCUT2D eigenvalue weighted by molar-refractivity contribution is 0.309. The molecule has 0 amide bonds. The average Bonchev–Trinajstić information content (AvgIpc) is 3.12. The molecule has 7 heteroatoms. The smallest absolute Gasteiger partial charge is 0.213 e. The van der Waals surface area contributed by atoms with Gasteiger partial charge in [0.25, 0.3) is 0 Å². The van der Waals surface area contributed by atoms with Crippen LogP contribution in [0.2, 0.25) is 0 Å². The molecule has 0 saturated carbocycles. The van der Waals surface area contributed by atoms with Crippen LogP contribution in [0.15, 0.2) is 39.9 Å². The van der Waals surface area contributed by atoms with E-state index in [0.717, 1.165) is 36.5 Å². The van der Waals surface area contributed by atoms with E-state index in [1.54, 1.807) is 13.2 Å². The van der Waals surface area contributed by atoms with Gasteiger partial charge in [-0.2, -0.15) is 0 Å². The van der Waals surface area contributed by atoms with Gasteiger partial charge in [0.1, 0.15) is 11.5 Å². The Hall–Kier alpha value is -1.77. The zero-order valence-corrected chi connectivity index (χ0v) is 19.9. The van der Waals surface area contributed by atoms with Gasteiger partial charge in [-0.3, -0.25) is 4.99 Å². The van der Waals surface area contributed by atoms with Crippen molar-refractivity contribution in [3.05, 3.63) is 47.7 Å². The molecule has 0 aliphatic rings. The van der Waals surface area contributed by atoms with Gasteiger partial charge in [-0.15, -0.1) is 24.0 Å². The van der Waals surface area contributed by atoms with Gasteiger partial charge in [-0.05, 0) is 24.1 Å². The molecule has 1 heterocycles. The predicted octanol–water partition coefficient (Wildman–Crippen LogP) is 4.63. The van der Waals surface area contributed by atoms with Gasteiger partial charge in [0, 0.05) is 19.0 Å². The van der Waals surface area contributed by atoms with E-state index >= 15 is 0 Å². The number of unbranched alkanes of at least 4 members (excludes halogenated alkanes) is 1. The van der Waals surface area contributed by atoms with Crippen LogP contribution in [0.1, 0.15) is 57.8 Å². The molecule has 0 atom stereocenters. The highest BCUT2D eigenvalue weighted by Gasteiger charge is 2.19. The monoisotopic (exact) mass is 500 g/mol. The summed E-state index contributed by atoms with van der Waals surface area (Å²) in [6, 6.07) is 8.12. The second-order valence-electron chi connectivity index (χ2n) is 7.50. The molecule has 0 bridgehead atoms. The average molecular weight is 500 g/mol. The molecule has 0 radical (unpaired) electrons. The van der Waals surface area contributed by atoms with Crippen molar-refractivity contribution in [3.63, 3.8) is 0 Å². The molecule has 0 aliphatic heterocycles. The normalized spacial score (nSPS) is 11.7. The third kappa shape index (κ3) is 8.08. The van der Waals surface area contributed by atoms with Crippen LogP contribution in [0.5, 0.6) is 5.75 Å². The number of benzene rings is 1. The SMILES string of the molecule is CCCCOc1cccc(CNC(=NC)NCc2ncc(C(C)(C)C)o2)c1.I. The maximum atomic E-state index is 5.80. The summed E-state index contributed by atoms with van der Waals surface area (Å²) in [5.74, 6) is 3.12. The van der Waals surface area contributed by atoms with Crippen LogP contribution >= 0.6 is 24.0 Å². The van der Waals surface area contributed by atoms with Crippen LogP contribution in [0, 0.1) is 0 Å². The fraction of sp³-hybridized carbons (Fsp3) is 0.524. The van der Waals surface area contributed by atoms with E-state index in [1.807, 2.05) is 12.1 Å². The summed E-state index contributed by atoms with van der Waals surface area (Å²) < 4.78 is 11.6. The van der Waals surface area contributed by atoms with Crippen molar-refractivity contribution >= 4 is 29.9 Å². The number of guanidine groups is 1. The molecule has 1 aromatic carbocycles. The van der Waals surface area contributed by atoms with Crippen molar-refractivity contribution < 1.29 is 9.15 Å². The lowest BCUT2D eigenvalue weighted by Crippen LogP contribution is -2.36. The molecule has 0 aliphatic carbocycles. The van der Waals surface area contributed by atoms with Crippen molar-refractivity contribution in [1.29, 1.82) is 0 Å². The quantitative estimate of drug-likeness (QED) is 0.239. The number of halogens is 1. The molecule has 2 N–H and O–H groups in total. The van der Waals surface area contributed by atoms with Crippen LogP contribution in [-0.2, 0) is 18.5 Å². The van der Waals surface area contributed by atoms with E-state index in [4.69, 9.17) is 9.15 Å². The van der Waals surface area contributed by atoms with Crippen molar-refractivity contribution in [1.82, 2.24) is 15.6 Å². The van der Waals surface area contributed by atoms with Crippen LogP contribution in [0.25, 0.3) is 0 Å². The Morgan fingerprint density at radius 3 is 2.61 bits per heavy atom. The standard InChI is InChI=1S/C21H32N4O2.HI/c1-6-7-11-26-17-10-8-9-16(12-17)13-24-20(22-5)25-15-19-23-14-18(27-19)21(2,3)4;/h8-10,12,14H,6-7,11,13,15H2,1-5H3,(H2,22,24,25);1H. The number of oxazole rings is 1. The number of aromatic nitrogens is 1. The third-order valence-corrected chi connectivity index (χ3v) is 4.05. The lowest BCUT2D eigenvalue weighted by Gasteiger charge is -2.13. The minimum absolute atomic E-state index is 0. The Balaban J connectivity index is 0.00000392. The summed E-state index contributed by atoms with van der Waals surface area (Å²) in [4.78, 5) is 8.58. The fourth-order valence-corrected chi connectivity index (χ4v) is 2.38. The zero-order chi connectivity index (χ0) is 19.7. The minimum Gasteiger partial charge on any atom is -0.494 e. The molecule has 2 aromatic rings. The van der Waals surface area contributed by atoms with Crippen molar-refractivity contribution in [2.75, 3.05) is 13.7 Å². The van der Waals surface area contributed by atoms with Gasteiger partial charge in [-0.25, -0.2) is 4.98 Å². The molecule has 1 aromatic heterocycles. The molecule has 28 heavy (non-hydrogen) atoms. The Kier molecular flexibility index (Phi) is 10.3. The number of ether oxygens (including phenoxy) is 1. The van der Waals surface area contributed by atoms with Crippen LogP contribution < -0.4 is 15.4 Å². The van der Waals surface area contributed by atoms with Gasteiger partial charge in [0.05, 0.1) is 19.3 Å². The summed E-state index contributed by atoms with van der Waals surface area (Å²) in [7, 11) is 1.75. The molecular weight excluding hydrogens is 467 g/mol. The maximum Gasteiger partial charge on any atom is 0.213 e. The van der Waals surface area contributed by atoms with Crippen molar-refractivity contribution in [3.8, 4) is 5.75 Å². The highest BCUT2D eigenvalue weighted by atomic mass is 127. The van der Waals surface area contributed by atoms with Crippen molar-refractivity contribution in [2.45, 2.75) is 59.0 Å². The summed E-state index contributed by atoms with van der Waals surface area (Å²) in [6.07, 6.45) is 3.99. The Bertz CT molecular complexity index is 738. The second kappa shape index (κ2) is 11.9. The Labute approximate surface area is 185 Å². The van der Waals surface area contributed by atoms with Crippen molar-refractivity contribution in [2.24, 2.45) is 4.99 Å². The molecule has 0 spiro atoms. The summed E-state index contributed by atoms with van der Waals surface area (Å²) >= 11 is 0. The van der Waals surface area contributed by atoms with Crippen LogP contribution in [0.4, 0.5) is 0 Å². The van der Waals surface area contributed by atoms with Gasteiger partial charge in [0.2, 0.25) is 5.89 Å². The lowest BCUT2D eigenvalue weighted by atomic mass is 9.94. The van der Waals surface area contributed by atoms with E-state index in [-0.39, 0.29) is 29.4 Å². The second-order valence-corrected chi connectivity index (χ2v) is 7.50. The van der Waals surface area contributed by atoms with Gasteiger partial charge in [0.15, 0.2) is 5.96 Å². The first kappa shape index (κ1) is 24.3. The number of hydrogen-bond acceptors (Lipinski definition) is 4. The summed E-state index contributed by atoms with van der Waals surface area (Å²) in [5, 5.41) is 6.53. The molecule has 156 valence electrons. The minimum atomic E-state index is -0.0462. The molecular formula is C21H33IN4O2. The zero-order valence-electron chi connectivity index (χ0n) is 17.5. The third-order valence-electron chi connectivity index (χ3n) is 4.05. The molecule has 0 fully saturated rings. The number of aliphatic imine (C=N–C) groups is 1. The molecule has 2 rings (SSSR count). The topological polar surface area (TPSA) is 71.7 Å². The summed E-state index contributed by atoms with van der Waals surface area (Å²) in [5.41, 5.74) is 1.09. The van der Waals surface area contributed by atoms with Crippen LogP contribution in [0.3, 0.4) is 0 Å². The van der Waals surface area contributed by atoms with Gasteiger partial charge < -0.3 is 19.8 Å². The molecule has 6 nitrogen and oxygen atoms in total. The number of nitrogens with zero attached hydrogens (tertiary/aromatic N) is 2. The first-order valence-electron chi connectivity index (χ1n) is 9.54. The van der Waals surface area contributed by atoms with Gasteiger partial charge >= 0.3 is 0 Å². The molecule has 0 saturated heterocycles. The van der Waals surface area contributed by atoms with E-state index in [9.17, 15) is 0 Å². The fourth-order valence-electron chi connectivity index (χ4n) is 2.38. The van der Waals surface area contributed by atoms with Gasteiger partial charge in [-0.1, -0.05) is 46.2 Å². The maximum absolute atomic E-state index is 5.80. The highest BCUT2D eigenvalue weighted by molar-refractivity contribution is 14.0. The highest BCUT2D eigenvalue weighted by Crippen LogP contribution is 2.22. The Morgan fingerprint density at radius 1 is 1.21 bits per heavy atom. The van der Waals surface area contributed by atoms with E-state index in [1.165, 1.54) is 0 Å². The van der Waals surface area contributed by atoms with Crippen LogP contribution in [-0.4, -0.2) is 24.6 Å². The first-order valence-corrected chi connectivity index (χ1v) is 9.54. The number of rotatable bonds is 8. The predicted molar refractivity (Wildman–Crippen MR) is 125 cm³/mol. The van der Waals surface area contributed by atoms with E-state index in [2.05, 4.69) is 60.4 Å². The largest absolute Gasteiger partial charge is 0.494 e.